The molecule has 200 valence electrons. The summed E-state index contributed by atoms with van der Waals surface area (Å²) in [5, 5.41) is 1.99. The monoisotopic (exact) mass is 706 g/mol. The summed E-state index contributed by atoms with van der Waals surface area (Å²) in [6.45, 7) is 2.89. The van der Waals surface area contributed by atoms with Crippen molar-refractivity contribution < 1.29 is 29.9 Å². The van der Waals surface area contributed by atoms with E-state index in [0.29, 0.717) is 23.4 Å². The number of hydrogen-bond acceptors (Lipinski definition) is 4. The number of aryl methyl sites for hydroxylation is 1. The predicted octanol–water partition coefficient (Wildman–Crippen LogP) is 8.20. The van der Waals surface area contributed by atoms with E-state index in [-0.39, 0.29) is 26.6 Å². The first-order valence-electron chi connectivity index (χ1n) is 14.5. The summed E-state index contributed by atoms with van der Waals surface area (Å²) in [7, 11) is 0. The fraction of sp³-hybridized carbons (Fsp3) is 0.147. The van der Waals surface area contributed by atoms with Crippen LogP contribution < -0.4 is 14.5 Å². The largest absolute Gasteiger partial charge is 2.00 e. The minimum absolute atomic E-state index is 0. The predicted molar refractivity (Wildman–Crippen MR) is 159 cm³/mol. The number of pyridine rings is 1. The van der Waals surface area contributed by atoms with Gasteiger partial charge in [0.05, 0.1) is 18.0 Å². The van der Waals surface area contributed by atoms with E-state index in [1.165, 1.54) is 18.0 Å². The van der Waals surface area contributed by atoms with Gasteiger partial charge in [0.15, 0.2) is 0 Å². The summed E-state index contributed by atoms with van der Waals surface area (Å²) < 4.78 is 31.9. The molecule has 0 unspecified atom stereocenters. The molecule has 3 heterocycles. The van der Waals surface area contributed by atoms with Crippen molar-refractivity contribution in [2.75, 3.05) is 16.5 Å². The summed E-state index contributed by atoms with van der Waals surface area (Å²) in [6.07, 6.45) is 1.54. The number of anilines is 3. The van der Waals surface area contributed by atoms with Crippen molar-refractivity contribution in [1.29, 1.82) is 0 Å². The number of nitrogens with zero attached hydrogens (tertiary/aromatic N) is 4. The molecule has 0 aliphatic carbocycles. The quantitative estimate of drug-likeness (QED) is 0.169. The van der Waals surface area contributed by atoms with Crippen LogP contribution in [-0.2, 0) is 21.1 Å². The molecule has 0 saturated heterocycles. The third kappa shape index (κ3) is 4.45. The van der Waals surface area contributed by atoms with E-state index in [1.807, 2.05) is 59.2 Å². The number of rotatable bonds is 5. The van der Waals surface area contributed by atoms with Gasteiger partial charge in [-0.05, 0) is 62.0 Å². The molecule has 0 amide bonds. The van der Waals surface area contributed by atoms with E-state index in [1.54, 1.807) is 6.07 Å². The number of aromatic nitrogens is 2. The molecule has 0 spiro atoms. The van der Waals surface area contributed by atoms with Crippen molar-refractivity contribution in [3.8, 4) is 17.3 Å². The van der Waals surface area contributed by atoms with Crippen molar-refractivity contribution in [3.05, 3.63) is 115 Å². The molecule has 0 atom stereocenters. The fourth-order valence-corrected chi connectivity index (χ4v) is 5.37. The molecule has 0 saturated carbocycles. The van der Waals surface area contributed by atoms with Gasteiger partial charge >= 0.3 is 21.1 Å². The maximum absolute atomic E-state index is 7.89. The molecule has 0 radical (unpaired) electrons. The molecule has 0 bridgehead atoms. The Morgan fingerprint density at radius 2 is 1.65 bits per heavy atom. The molecular weight excluding hydrogens is 675 g/mol. The Bertz CT molecular complexity index is 1950. The Morgan fingerprint density at radius 3 is 2.50 bits per heavy atom. The third-order valence-corrected chi connectivity index (χ3v) is 7.19. The van der Waals surface area contributed by atoms with Crippen LogP contribution in [0.25, 0.3) is 27.6 Å². The Morgan fingerprint density at radius 1 is 0.850 bits per heavy atom. The maximum Gasteiger partial charge on any atom is 2.00 e. The summed E-state index contributed by atoms with van der Waals surface area (Å²) in [4.78, 5) is 9.15. The third-order valence-electron chi connectivity index (χ3n) is 7.19. The van der Waals surface area contributed by atoms with Crippen LogP contribution >= 0.6 is 0 Å². The normalized spacial score (nSPS) is 14.1. The molecule has 5 nitrogen and oxygen atoms in total. The molecule has 2 aromatic heterocycles. The van der Waals surface area contributed by atoms with Crippen LogP contribution in [-0.4, -0.2) is 22.3 Å². The zero-order chi connectivity index (χ0) is 29.0. The first kappa shape index (κ1) is 22.7. The van der Waals surface area contributed by atoms with Gasteiger partial charge in [0.1, 0.15) is 5.82 Å². The Kier molecular flexibility index (Phi) is 5.95. The Balaban J connectivity index is 0.00000329. The van der Waals surface area contributed by atoms with Gasteiger partial charge in [0.2, 0.25) is 0 Å². The molecule has 7 rings (SSSR count). The van der Waals surface area contributed by atoms with E-state index in [0.717, 1.165) is 39.8 Å². The molecular formula is C34H28N4OPt. The zero-order valence-electron chi connectivity index (χ0n) is 25.0. The molecule has 6 aromatic rings. The molecule has 0 N–H and O–H groups in total. The van der Waals surface area contributed by atoms with Crippen LogP contribution in [0.15, 0.2) is 97.2 Å². The van der Waals surface area contributed by atoms with Crippen LogP contribution in [0, 0.1) is 19.0 Å². The van der Waals surface area contributed by atoms with Gasteiger partial charge in [0, 0.05) is 33.4 Å². The Labute approximate surface area is 253 Å². The summed E-state index contributed by atoms with van der Waals surface area (Å²) in [5.41, 5.74) is 5.16. The summed E-state index contributed by atoms with van der Waals surface area (Å²) in [5.74, 6) is 1.62. The van der Waals surface area contributed by atoms with Crippen molar-refractivity contribution in [1.82, 2.24) is 9.55 Å². The number of hydrogen-bond donors (Lipinski definition) is 0. The fourth-order valence-electron chi connectivity index (χ4n) is 5.37. The average molecular weight is 707 g/mol. The summed E-state index contributed by atoms with van der Waals surface area (Å²) >= 11 is 0. The molecule has 1 aliphatic rings. The minimum atomic E-state index is -2.24. The van der Waals surface area contributed by atoms with E-state index >= 15 is 0 Å². The minimum Gasteiger partial charge on any atom is -0.509 e. The van der Waals surface area contributed by atoms with Crippen molar-refractivity contribution in [2.45, 2.75) is 26.7 Å². The number of para-hydroxylation sites is 3. The standard InChI is InChI=1S/C34H28N4O.Pt/c1-23(2)36-22-37(32-14-7-6-13-31(32)36)25-9-8-10-26(20-25)39-27-15-16-29-28-11-4-5-12-30(28)38(33(29)21-27)34-19-24(3)17-18-35-34;/h4-19,23H,22H2,1-3H3;/q-2;+2/i3D3;. The van der Waals surface area contributed by atoms with Crippen LogP contribution in [0.5, 0.6) is 11.5 Å². The van der Waals surface area contributed by atoms with Crippen molar-refractivity contribution >= 4 is 38.9 Å². The van der Waals surface area contributed by atoms with Gasteiger partial charge < -0.3 is 19.1 Å². The van der Waals surface area contributed by atoms with E-state index in [4.69, 9.17) is 8.85 Å². The van der Waals surface area contributed by atoms with E-state index < -0.39 is 6.85 Å². The first-order chi connectivity index (χ1) is 20.3. The molecule has 0 fully saturated rings. The van der Waals surface area contributed by atoms with Gasteiger partial charge in [-0.15, -0.1) is 35.7 Å². The second kappa shape index (κ2) is 10.5. The van der Waals surface area contributed by atoms with E-state index in [2.05, 4.69) is 65.0 Å². The van der Waals surface area contributed by atoms with Gasteiger partial charge in [0.25, 0.3) is 0 Å². The maximum atomic E-state index is 7.89. The molecule has 40 heavy (non-hydrogen) atoms. The van der Waals surface area contributed by atoms with Crippen LogP contribution in [0.2, 0.25) is 0 Å². The average Bonchev–Trinajstić information content (AvgIpc) is 3.53. The SMILES string of the molecule is [2H]C([2H])([2H])c1ccnc(-n2c3[c-]c(Oc4[c-]c(N5CN(C(C)C)c6ccccc65)ccc4)ccc3c3ccccc32)c1.[Pt+2]. The van der Waals surface area contributed by atoms with Crippen LogP contribution in [0.1, 0.15) is 23.5 Å². The first-order valence-corrected chi connectivity index (χ1v) is 13.0. The van der Waals surface area contributed by atoms with Gasteiger partial charge in [-0.25, -0.2) is 4.98 Å². The topological polar surface area (TPSA) is 33.5 Å². The molecule has 4 aromatic carbocycles. The number of ether oxygens (including phenoxy) is 1. The molecule has 1 aliphatic heterocycles. The molecule has 6 heteroatoms. The summed E-state index contributed by atoms with van der Waals surface area (Å²) in [6, 6.07) is 36.6. The second-order valence-corrected chi connectivity index (χ2v) is 9.96. The van der Waals surface area contributed by atoms with Gasteiger partial charge in [-0.1, -0.05) is 41.5 Å². The van der Waals surface area contributed by atoms with Gasteiger partial charge in [-0.2, -0.15) is 12.1 Å². The smallest absolute Gasteiger partial charge is 0.509 e. The number of fused-ring (bicyclic) bond motifs is 4. The Hall–Kier alpha value is -4.08. The number of benzene rings is 4. The van der Waals surface area contributed by atoms with Gasteiger partial charge in [-0.3, -0.25) is 0 Å². The van der Waals surface area contributed by atoms with E-state index in [9.17, 15) is 0 Å². The van der Waals surface area contributed by atoms with Crippen LogP contribution in [0.4, 0.5) is 17.1 Å². The zero-order valence-corrected chi connectivity index (χ0v) is 24.3. The van der Waals surface area contributed by atoms with Crippen molar-refractivity contribution in [3.63, 3.8) is 0 Å². The van der Waals surface area contributed by atoms with Crippen LogP contribution in [0.3, 0.4) is 0 Å². The second-order valence-electron chi connectivity index (χ2n) is 9.96. The van der Waals surface area contributed by atoms with Crippen molar-refractivity contribution in [2.24, 2.45) is 0 Å².